The van der Waals surface area contributed by atoms with Gasteiger partial charge in [0.2, 0.25) is 17.7 Å². The number of nitrogens with zero attached hydrogens (tertiary/aromatic N) is 1. The number of benzene rings is 2. The third-order valence-electron chi connectivity index (χ3n) is 5.74. The Kier molecular flexibility index (Phi) is 9.13. The molecular weight excluding hydrogens is 477 g/mol. The van der Waals surface area contributed by atoms with Crippen LogP contribution in [0, 0.1) is 0 Å². The first-order chi connectivity index (χ1) is 16.2. The summed E-state index contributed by atoms with van der Waals surface area (Å²) in [7, 11) is -2.70. The van der Waals surface area contributed by atoms with Crippen LogP contribution >= 0.6 is 19.4 Å². The van der Waals surface area contributed by atoms with E-state index >= 15 is 0 Å². The molecule has 0 aliphatic carbocycles. The predicted octanol–water partition coefficient (Wildman–Crippen LogP) is 1.86. The van der Waals surface area contributed by atoms with E-state index in [1.807, 2.05) is 42.5 Å². The highest BCUT2D eigenvalue weighted by Gasteiger charge is 2.34. The van der Waals surface area contributed by atoms with Crippen molar-refractivity contribution in [2.24, 2.45) is 0 Å². The Morgan fingerprint density at radius 2 is 1.88 bits per heavy atom. The van der Waals surface area contributed by atoms with Gasteiger partial charge in [-0.05, 0) is 35.6 Å². The van der Waals surface area contributed by atoms with Crippen LogP contribution in [0.5, 0.6) is 0 Å². The van der Waals surface area contributed by atoms with E-state index in [1.165, 1.54) is 11.9 Å². The van der Waals surface area contributed by atoms with Crippen LogP contribution in [0.4, 0.5) is 0 Å². The topological polar surface area (TPSA) is 136 Å². The molecule has 1 aliphatic rings. The van der Waals surface area contributed by atoms with Crippen molar-refractivity contribution in [1.29, 1.82) is 0 Å². The van der Waals surface area contributed by atoms with Crippen LogP contribution in [0.1, 0.15) is 24.8 Å². The van der Waals surface area contributed by atoms with E-state index in [0.717, 1.165) is 40.9 Å². The maximum absolute atomic E-state index is 13.2. The molecule has 3 amide bonds. The van der Waals surface area contributed by atoms with Crippen LogP contribution in [0.25, 0.3) is 10.8 Å². The summed E-state index contributed by atoms with van der Waals surface area (Å²) >= 11 is 0.851. The third-order valence-corrected chi connectivity index (χ3v) is 8.27. The Balaban J connectivity index is 1.69. The third kappa shape index (κ3) is 7.30. The fourth-order valence-corrected chi connectivity index (χ4v) is 5.75. The lowest BCUT2D eigenvalue weighted by molar-refractivity contribution is -0.141. The van der Waals surface area contributed by atoms with Crippen molar-refractivity contribution in [3.8, 4) is 0 Å². The minimum absolute atomic E-state index is 0.120. The molecule has 1 saturated heterocycles. The number of carbonyl (C=O) groups excluding carboxylic acids is 3. The molecular formula is C23H30N3O6PS. The molecule has 3 rings (SSSR count). The van der Waals surface area contributed by atoms with Crippen LogP contribution in [0.15, 0.2) is 42.5 Å². The number of fused-ring (bicyclic) bond motifs is 1. The number of piperidine rings is 1. The first-order valence-corrected chi connectivity index (χ1v) is 14.0. The molecule has 9 nitrogen and oxygen atoms in total. The van der Waals surface area contributed by atoms with E-state index in [2.05, 4.69) is 10.6 Å². The maximum Gasteiger partial charge on any atom is 0.335 e. The number of thioether (sulfide) groups is 1. The van der Waals surface area contributed by atoms with Gasteiger partial charge in [-0.1, -0.05) is 42.5 Å². The van der Waals surface area contributed by atoms with E-state index in [1.54, 1.807) is 0 Å². The first kappa shape index (κ1) is 26.2. The Hall–Kier alpha value is -2.39. The zero-order valence-corrected chi connectivity index (χ0v) is 20.7. The number of hydrogen-bond donors (Lipinski definition) is 4. The molecule has 34 heavy (non-hydrogen) atoms. The van der Waals surface area contributed by atoms with Crippen molar-refractivity contribution in [2.75, 3.05) is 24.8 Å². The van der Waals surface area contributed by atoms with Gasteiger partial charge in [0.1, 0.15) is 12.1 Å². The monoisotopic (exact) mass is 507 g/mol. The van der Waals surface area contributed by atoms with Gasteiger partial charge in [0.25, 0.3) is 0 Å². The van der Waals surface area contributed by atoms with E-state index in [9.17, 15) is 18.9 Å². The van der Waals surface area contributed by atoms with E-state index in [-0.39, 0.29) is 17.6 Å². The SMILES string of the molecule is CNC(=O)C(Cc1ccc2ccccc2c1)NC(=O)C1CCCCN1C(=O)CSCP(=O)(O)O. The average Bonchev–Trinajstić information content (AvgIpc) is 2.82. The van der Waals surface area contributed by atoms with E-state index in [0.29, 0.717) is 19.4 Å². The van der Waals surface area contributed by atoms with Crippen molar-refractivity contribution in [2.45, 2.75) is 37.8 Å². The summed E-state index contributed by atoms with van der Waals surface area (Å²) in [6, 6.07) is 12.3. The number of amides is 3. The molecule has 2 aromatic rings. The van der Waals surface area contributed by atoms with Crippen LogP contribution in [0.3, 0.4) is 0 Å². The normalized spacial score (nSPS) is 17.3. The second-order valence-corrected chi connectivity index (χ2v) is 11.4. The molecule has 2 unspecified atom stereocenters. The number of likely N-dealkylation sites (N-methyl/N-ethyl adjacent to an activating group) is 1. The number of likely N-dealkylation sites (tertiary alicyclic amines) is 1. The molecule has 0 bridgehead atoms. The molecule has 0 spiro atoms. The molecule has 1 aliphatic heterocycles. The smallest absolute Gasteiger partial charge is 0.335 e. The number of hydrogen-bond acceptors (Lipinski definition) is 5. The molecule has 2 aromatic carbocycles. The predicted molar refractivity (Wildman–Crippen MR) is 132 cm³/mol. The van der Waals surface area contributed by atoms with Crippen LogP contribution in [0.2, 0.25) is 0 Å². The zero-order valence-electron chi connectivity index (χ0n) is 19.0. The van der Waals surface area contributed by atoms with Crippen molar-refractivity contribution >= 4 is 47.9 Å². The fourth-order valence-electron chi connectivity index (χ4n) is 4.09. The summed E-state index contributed by atoms with van der Waals surface area (Å²) in [5.41, 5.74) is 0.450. The van der Waals surface area contributed by atoms with Gasteiger partial charge in [0, 0.05) is 20.0 Å². The largest absolute Gasteiger partial charge is 0.357 e. The maximum atomic E-state index is 13.2. The van der Waals surface area contributed by atoms with Crippen molar-refractivity contribution in [3.63, 3.8) is 0 Å². The summed E-state index contributed by atoms with van der Waals surface area (Å²) in [5.74, 6) is -1.19. The van der Waals surface area contributed by atoms with Gasteiger partial charge in [-0.25, -0.2) is 0 Å². The molecule has 11 heteroatoms. The minimum Gasteiger partial charge on any atom is -0.357 e. The molecule has 1 heterocycles. The second kappa shape index (κ2) is 11.8. The number of carbonyl (C=O) groups is 3. The van der Waals surface area contributed by atoms with Gasteiger partial charge in [0.15, 0.2) is 0 Å². The highest BCUT2D eigenvalue weighted by atomic mass is 32.2. The molecule has 4 N–H and O–H groups in total. The van der Waals surface area contributed by atoms with E-state index < -0.39 is 31.1 Å². The average molecular weight is 508 g/mol. The molecule has 0 aromatic heterocycles. The summed E-state index contributed by atoms with van der Waals surface area (Å²) in [5, 5.41) is 7.54. The Morgan fingerprint density at radius 1 is 1.15 bits per heavy atom. The second-order valence-electron chi connectivity index (χ2n) is 8.30. The Labute approximate surface area is 202 Å². The van der Waals surface area contributed by atoms with Crippen LogP contribution in [-0.4, -0.2) is 69.3 Å². The van der Waals surface area contributed by atoms with E-state index in [4.69, 9.17) is 9.79 Å². The first-order valence-electron chi connectivity index (χ1n) is 11.1. The minimum atomic E-state index is -4.21. The van der Waals surface area contributed by atoms with Crippen molar-refractivity contribution in [1.82, 2.24) is 15.5 Å². The van der Waals surface area contributed by atoms with Gasteiger partial charge in [-0.15, -0.1) is 11.8 Å². The van der Waals surface area contributed by atoms with Crippen molar-refractivity contribution in [3.05, 3.63) is 48.0 Å². The molecule has 2 atom stereocenters. The van der Waals surface area contributed by atoms with Gasteiger partial charge in [-0.3, -0.25) is 18.9 Å². The summed E-state index contributed by atoms with van der Waals surface area (Å²) in [4.78, 5) is 57.9. The molecule has 1 fully saturated rings. The highest BCUT2D eigenvalue weighted by molar-refractivity contribution is 8.04. The summed E-state index contributed by atoms with van der Waals surface area (Å²) in [6.45, 7) is 0.392. The lowest BCUT2D eigenvalue weighted by Gasteiger charge is -2.35. The Morgan fingerprint density at radius 3 is 2.59 bits per heavy atom. The lowest BCUT2D eigenvalue weighted by atomic mass is 9.98. The highest BCUT2D eigenvalue weighted by Crippen LogP contribution is 2.38. The van der Waals surface area contributed by atoms with Crippen LogP contribution in [-0.2, 0) is 25.4 Å². The molecule has 184 valence electrons. The lowest BCUT2D eigenvalue weighted by Crippen LogP contribution is -2.56. The van der Waals surface area contributed by atoms with Crippen LogP contribution < -0.4 is 10.6 Å². The van der Waals surface area contributed by atoms with Gasteiger partial charge in [0.05, 0.1) is 11.2 Å². The summed E-state index contributed by atoms with van der Waals surface area (Å²) < 4.78 is 11.0. The van der Waals surface area contributed by atoms with Gasteiger partial charge < -0.3 is 25.3 Å². The standard InChI is InChI=1S/C23H30N3O6PS/c1-24-22(28)19(13-16-9-10-17-6-2-3-7-18(17)12-16)25-23(29)20-8-4-5-11-26(20)21(27)14-34-15-33(30,31)32/h2-3,6-7,9-10,12,19-20H,4-5,8,11,13-15H2,1H3,(H,24,28)(H,25,29)(H2,30,31,32). The Bertz CT molecular complexity index is 1090. The number of nitrogens with one attached hydrogen (secondary N) is 2. The summed E-state index contributed by atoms with van der Waals surface area (Å²) in [6.07, 6.45) is 2.29. The van der Waals surface area contributed by atoms with Gasteiger partial charge >= 0.3 is 7.60 Å². The molecule has 0 radical (unpaired) electrons. The van der Waals surface area contributed by atoms with Crippen molar-refractivity contribution < 1.29 is 28.7 Å². The quantitative estimate of drug-likeness (QED) is 0.381. The fraction of sp³-hybridized carbons (Fsp3) is 0.435. The van der Waals surface area contributed by atoms with Gasteiger partial charge in [-0.2, -0.15) is 0 Å². The number of rotatable bonds is 9. The molecule has 0 saturated carbocycles. The zero-order chi connectivity index (χ0) is 24.7.